The van der Waals surface area contributed by atoms with Gasteiger partial charge in [-0.3, -0.25) is 4.79 Å². The van der Waals surface area contributed by atoms with Crippen molar-refractivity contribution in [2.45, 2.75) is 38.6 Å². The number of aliphatic hydroxyl groups excluding tert-OH is 1. The van der Waals surface area contributed by atoms with Gasteiger partial charge >= 0.3 is 5.97 Å². The summed E-state index contributed by atoms with van der Waals surface area (Å²) in [6.07, 6.45) is -0.0151. The van der Waals surface area contributed by atoms with Crippen molar-refractivity contribution < 1.29 is 19.8 Å². The molecule has 5 nitrogen and oxygen atoms in total. The van der Waals surface area contributed by atoms with Crippen LogP contribution in [-0.2, 0) is 10.2 Å². The molecule has 0 saturated carbocycles. The molecule has 0 spiro atoms. The number of benzene rings is 1. The summed E-state index contributed by atoms with van der Waals surface area (Å²) >= 11 is 0. The summed E-state index contributed by atoms with van der Waals surface area (Å²) in [5.41, 5.74) is 1.10. The number of aliphatic hydroxyl groups is 1. The first kappa shape index (κ1) is 16.2. The van der Waals surface area contributed by atoms with E-state index in [1.807, 2.05) is 32.9 Å². The largest absolute Gasteiger partial charge is 0.480 e. The normalized spacial score (nSPS) is 12.8. The molecule has 110 valence electrons. The van der Waals surface area contributed by atoms with Crippen molar-refractivity contribution in [3.05, 3.63) is 35.4 Å². The lowest BCUT2D eigenvalue weighted by molar-refractivity contribution is -0.139. The Morgan fingerprint density at radius 3 is 2.35 bits per heavy atom. The lowest BCUT2D eigenvalue weighted by Crippen LogP contribution is -2.42. The van der Waals surface area contributed by atoms with Crippen molar-refractivity contribution in [1.29, 1.82) is 0 Å². The molecule has 1 aromatic rings. The van der Waals surface area contributed by atoms with Crippen LogP contribution in [-0.4, -0.2) is 34.7 Å². The van der Waals surface area contributed by atoms with E-state index in [0.29, 0.717) is 5.56 Å². The highest BCUT2D eigenvalue weighted by atomic mass is 16.4. The molecule has 0 radical (unpaired) electrons. The maximum absolute atomic E-state index is 12.2. The maximum atomic E-state index is 12.2. The number of nitrogens with one attached hydrogen (secondary N) is 1. The molecule has 0 aliphatic heterocycles. The standard InChI is InChI=1S/C15H21NO4/c1-15(2,3)11-7-5-4-6-10(11)13(18)16-12(8-9-17)14(19)20/h4-7,12,17H,8-9H2,1-3H3,(H,16,18)(H,19,20)/t12-/m0/s1. The Hall–Kier alpha value is -1.88. The summed E-state index contributed by atoms with van der Waals surface area (Å²) in [5, 5.41) is 20.3. The van der Waals surface area contributed by atoms with Crippen LogP contribution in [0.5, 0.6) is 0 Å². The van der Waals surface area contributed by atoms with E-state index in [9.17, 15) is 9.59 Å². The van der Waals surface area contributed by atoms with Crippen molar-refractivity contribution in [1.82, 2.24) is 5.32 Å². The molecule has 1 atom stereocenters. The summed E-state index contributed by atoms with van der Waals surface area (Å²) in [7, 11) is 0. The fourth-order valence-electron chi connectivity index (χ4n) is 1.96. The Kier molecular flexibility index (Phi) is 5.27. The predicted octanol–water partition coefficient (Wildman–Crippen LogP) is 1.55. The van der Waals surface area contributed by atoms with Gasteiger partial charge in [0, 0.05) is 18.6 Å². The number of carboxylic acids is 1. The predicted molar refractivity (Wildman–Crippen MR) is 75.7 cm³/mol. The Balaban J connectivity index is 3.01. The average Bonchev–Trinajstić information content (AvgIpc) is 2.37. The maximum Gasteiger partial charge on any atom is 0.326 e. The zero-order chi connectivity index (χ0) is 15.3. The third-order valence-corrected chi connectivity index (χ3v) is 3.00. The van der Waals surface area contributed by atoms with Crippen molar-refractivity contribution in [2.24, 2.45) is 0 Å². The zero-order valence-corrected chi connectivity index (χ0v) is 12.0. The van der Waals surface area contributed by atoms with Gasteiger partial charge in [0.1, 0.15) is 6.04 Å². The van der Waals surface area contributed by atoms with Crippen LogP contribution in [0, 0.1) is 0 Å². The molecule has 1 aromatic carbocycles. The number of hydrogen-bond acceptors (Lipinski definition) is 3. The second-order valence-corrected chi connectivity index (χ2v) is 5.67. The lowest BCUT2D eigenvalue weighted by atomic mass is 9.83. The van der Waals surface area contributed by atoms with Gasteiger partial charge in [-0.05, 0) is 17.0 Å². The van der Waals surface area contributed by atoms with Crippen molar-refractivity contribution in [3.8, 4) is 0 Å². The summed E-state index contributed by atoms with van der Waals surface area (Å²) in [4.78, 5) is 23.3. The highest BCUT2D eigenvalue weighted by Crippen LogP contribution is 2.25. The molecule has 0 aromatic heterocycles. The number of carboxylic acid groups (broad SMARTS) is 1. The van der Waals surface area contributed by atoms with E-state index >= 15 is 0 Å². The van der Waals surface area contributed by atoms with E-state index in [-0.39, 0.29) is 18.4 Å². The van der Waals surface area contributed by atoms with Gasteiger partial charge in [-0.1, -0.05) is 39.0 Å². The van der Waals surface area contributed by atoms with Crippen LogP contribution in [0.3, 0.4) is 0 Å². The first-order valence-corrected chi connectivity index (χ1v) is 6.51. The van der Waals surface area contributed by atoms with Crippen molar-refractivity contribution >= 4 is 11.9 Å². The van der Waals surface area contributed by atoms with Crippen LogP contribution in [0.4, 0.5) is 0 Å². The number of carbonyl (C=O) groups excluding carboxylic acids is 1. The van der Waals surface area contributed by atoms with Crippen molar-refractivity contribution in [2.75, 3.05) is 6.61 Å². The average molecular weight is 279 g/mol. The first-order chi connectivity index (χ1) is 9.27. The first-order valence-electron chi connectivity index (χ1n) is 6.51. The summed E-state index contributed by atoms with van der Waals surface area (Å²) < 4.78 is 0. The number of aliphatic carboxylic acids is 1. The molecule has 3 N–H and O–H groups in total. The molecule has 0 saturated heterocycles. The molecule has 0 aliphatic rings. The topological polar surface area (TPSA) is 86.6 Å². The number of rotatable bonds is 5. The minimum Gasteiger partial charge on any atom is -0.480 e. The minimum atomic E-state index is -1.15. The Bertz CT molecular complexity index is 491. The van der Waals surface area contributed by atoms with Crippen LogP contribution in [0.1, 0.15) is 43.1 Å². The van der Waals surface area contributed by atoms with Gasteiger partial charge in [-0.25, -0.2) is 4.79 Å². The van der Waals surface area contributed by atoms with E-state index in [1.54, 1.807) is 12.1 Å². The molecule has 0 fully saturated rings. The van der Waals surface area contributed by atoms with Gasteiger partial charge in [-0.2, -0.15) is 0 Å². The monoisotopic (exact) mass is 279 g/mol. The van der Waals surface area contributed by atoms with Crippen LogP contribution in [0.2, 0.25) is 0 Å². The molecular weight excluding hydrogens is 258 g/mol. The van der Waals surface area contributed by atoms with E-state index in [4.69, 9.17) is 10.2 Å². The summed E-state index contributed by atoms with van der Waals surface area (Å²) in [6.45, 7) is 5.67. The zero-order valence-electron chi connectivity index (χ0n) is 12.0. The molecule has 0 aliphatic carbocycles. The van der Waals surface area contributed by atoms with Crippen LogP contribution < -0.4 is 5.32 Å². The second kappa shape index (κ2) is 6.52. The highest BCUT2D eigenvalue weighted by Gasteiger charge is 2.24. The molecule has 20 heavy (non-hydrogen) atoms. The smallest absolute Gasteiger partial charge is 0.326 e. The van der Waals surface area contributed by atoms with Crippen LogP contribution in [0.25, 0.3) is 0 Å². The lowest BCUT2D eigenvalue weighted by Gasteiger charge is -2.23. The third-order valence-electron chi connectivity index (χ3n) is 3.00. The van der Waals surface area contributed by atoms with E-state index in [1.165, 1.54) is 0 Å². The van der Waals surface area contributed by atoms with Gasteiger partial charge in [0.2, 0.25) is 0 Å². The van der Waals surface area contributed by atoms with Gasteiger partial charge in [0.05, 0.1) is 0 Å². The number of carbonyl (C=O) groups is 2. The van der Waals surface area contributed by atoms with Crippen molar-refractivity contribution in [3.63, 3.8) is 0 Å². The van der Waals surface area contributed by atoms with E-state index < -0.39 is 17.9 Å². The minimum absolute atomic E-state index is 0.0151. The highest BCUT2D eigenvalue weighted by molar-refractivity contribution is 5.98. The fourth-order valence-corrected chi connectivity index (χ4v) is 1.96. The Labute approximate surface area is 118 Å². The van der Waals surface area contributed by atoms with E-state index in [0.717, 1.165) is 5.56 Å². The molecule has 5 heteroatoms. The van der Waals surface area contributed by atoms with E-state index in [2.05, 4.69) is 5.32 Å². The number of amides is 1. The van der Waals surface area contributed by atoms with Gasteiger partial charge < -0.3 is 15.5 Å². The molecule has 1 amide bonds. The van der Waals surface area contributed by atoms with Crippen LogP contribution >= 0.6 is 0 Å². The molecule has 1 rings (SSSR count). The molecule has 0 unspecified atom stereocenters. The van der Waals surface area contributed by atoms with Gasteiger partial charge in [-0.15, -0.1) is 0 Å². The SMILES string of the molecule is CC(C)(C)c1ccccc1C(=O)N[C@@H](CCO)C(=O)O. The molecular formula is C15H21NO4. The van der Waals surface area contributed by atoms with Gasteiger partial charge in [0.15, 0.2) is 0 Å². The fraction of sp³-hybridized carbons (Fsp3) is 0.467. The quantitative estimate of drug-likeness (QED) is 0.763. The second-order valence-electron chi connectivity index (χ2n) is 5.67. The molecule has 0 bridgehead atoms. The Morgan fingerprint density at radius 1 is 1.25 bits per heavy atom. The Morgan fingerprint density at radius 2 is 1.85 bits per heavy atom. The summed E-state index contributed by atoms with van der Waals surface area (Å²) in [6, 6.07) is 6.04. The number of hydrogen-bond donors (Lipinski definition) is 3. The van der Waals surface area contributed by atoms with Crippen LogP contribution in [0.15, 0.2) is 24.3 Å². The molecule has 0 heterocycles. The summed E-state index contributed by atoms with van der Waals surface area (Å²) in [5.74, 6) is -1.59. The third kappa shape index (κ3) is 4.06. The van der Waals surface area contributed by atoms with Gasteiger partial charge in [0.25, 0.3) is 5.91 Å².